The molecule has 0 aromatic heterocycles. The molecule has 1 saturated heterocycles. The molecular weight excluding hydrogens is 345 g/mol. The highest BCUT2D eigenvalue weighted by atomic mass is 35.5. The molecule has 1 aromatic carbocycles. The molecule has 1 amide bonds. The molecule has 1 saturated carbocycles. The van der Waals surface area contributed by atoms with Gasteiger partial charge in [0, 0.05) is 36.4 Å². The van der Waals surface area contributed by atoms with Crippen molar-refractivity contribution < 1.29 is 4.79 Å². The summed E-state index contributed by atoms with van der Waals surface area (Å²) >= 11 is 0. The van der Waals surface area contributed by atoms with Crippen molar-refractivity contribution in [2.75, 3.05) is 23.3 Å². The number of amides is 1. The van der Waals surface area contributed by atoms with Crippen molar-refractivity contribution in [3.05, 3.63) is 24.3 Å². The average Bonchev–Trinajstić information content (AvgIpc) is 2.95. The van der Waals surface area contributed by atoms with Crippen LogP contribution in [-0.2, 0) is 4.79 Å². The second-order valence-electron chi connectivity index (χ2n) is 6.98. The minimum atomic E-state index is 0. The van der Waals surface area contributed by atoms with E-state index < -0.39 is 0 Å². The number of hydrogen-bond donors (Lipinski definition) is 2. The summed E-state index contributed by atoms with van der Waals surface area (Å²) in [7, 11) is 0. The number of benzene rings is 1. The highest BCUT2D eigenvalue weighted by Crippen LogP contribution is 2.28. The Bertz CT molecular complexity index is 533. The van der Waals surface area contributed by atoms with Crippen LogP contribution in [0.25, 0.3) is 0 Å². The highest BCUT2D eigenvalue weighted by Gasteiger charge is 2.27. The number of nitrogens with one attached hydrogen (secondary N) is 1. The predicted octanol–water partition coefficient (Wildman–Crippen LogP) is 3.83. The smallest absolute Gasteiger partial charge is 0.227 e. The van der Waals surface area contributed by atoms with Crippen LogP contribution >= 0.6 is 24.8 Å². The van der Waals surface area contributed by atoms with E-state index in [4.69, 9.17) is 5.73 Å². The monoisotopic (exact) mass is 373 g/mol. The predicted molar refractivity (Wildman–Crippen MR) is 105 cm³/mol. The molecule has 24 heavy (non-hydrogen) atoms. The fourth-order valence-electron chi connectivity index (χ4n) is 3.55. The summed E-state index contributed by atoms with van der Waals surface area (Å²) in [6.45, 7) is 4.53. The number of rotatable bonds is 3. The largest absolute Gasteiger partial charge is 0.371 e. The number of hydrogen-bond acceptors (Lipinski definition) is 3. The Morgan fingerprint density at radius 2 is 1.88 bits per heavy atom. The summed E-state index contributed by atoms with van der Waals surface area (Å²) in [5, 5.41) is 3.07. The minimum Gasteiger partial charge on any atom is -0.371 e. The van der Waals surface area contributed by atoms with Gasteiger partial charge in [-0.3, -0.25) is 4.79 Å². The molecule has 2 aliphatic rings. The molecule has 3 rings (SSSR count). The molecule has 1 aromatic rings. The van der Waals surface area contributed by atoms with E-state index in [-0.39, 0.29) is 42.7 Å². The molecule has 0 bridgehead atoms. The quantitative estimate of drug-likeness (QED) is 0.845. The van der Waals surface area contributed by atoms with Gasteiger partial charge in [-0.25, -0.2) is 0 Å². The Kier molecular flexibility index (Phi) is 8.34. The molecule has 1 heterocycles. The third-order valence-corrected chi connectivity index (χ3v) is 5.11. The number of piperidine rings is 1. The van der Waals surface area contributed by atoms with Gasteiger partial charge in [0.15, 0.2) is 0 Å². The van der Waals surface area contributed by atoms with Crippen molar-refractivity contribution in [3.8, 4) is 0 Å². The fourth-order valence-corrected chi connectivity index (χ4v) is 3.55. The molecule has 2 unspecified atom stereocenters. The summed E-state index contributed by atoms with van der Waals surface area (Å²) in [6, 6.07) is 8.43. The zero-order chi connectivity index (χ0) is 15.5. The van der Waals surface area contributed by atoms with Crippen LogP contribution in [0.3, 0.4) is 0 Å². The lowest BCUT2D eigenvalue weighted by molar-refractivity contribution is -0.119. The zero-order valence-electron chi connectivity index (χ0n) is 14.2. The van der Waals surface area contributed by atoms with Crippen molar-refractivity contribution in [3.63, 3.8) is 0 Å². The Hall–Kier alpha value is -0.970. The second kappa shape index (κ2) is 9.50. The van der Waals surface area contributed by atoms with Crippen molar-refractivity contribution in [1.29, 1.82) is 0 Å². The SMILES string of the molecule is CC1CCN(c2cccc(NC(=O)C3CCC(N)C3)c2)CC1.Cl.Cl. The first-order valence-electron chi connectivity index (χ1n) is 8.53. The van der Waals surface area contributed by atoms with Crippen LogP contribution in [-0.4, -0.2) is 25.0 Å². The lowest BCUT2D eigenvalue weighted by Gasteiger charge is -2.32. The third-order valence-electron chi connectivity index (χ3n) is 5.11. The van der Waals surface area contributed by atoms with Gasteiger partial charge in [0.1, 0.15) is 0 Å². The maximum atomic E-state index is 12.3. The van der Waals surface area contributed by atoms with E-state index >= 15 is 0 Å². The van der Waals surface area contributed by atoms with Gasteiger partial charge in [0.05, 0.1) is 0 Å². The second-order valence-corrected chi connectivity index (χ2v) is 6.98. The highest BCUT2D eigenvalue weighted by molar-refractivity contribution is 5.93. The molecule has 1 aliphatic heterocycles. The van der Waals surface area contributed by atoms with Crippen molar-refractivity contribution in [2.24, 2.45) is 17.6 Å². The van der Waals surface area contributed by atoms with E-state index in [1.165, 1.54) is 18.5 Å². The molecule has 4 nitrogen and oxygen atoms in total. The Labute approximate surface area is 157 Å². The Morgan fingerprint density at radius 1 is 1.17 bits per heavy atom. The van der Waals surface area contributed by atoms with Gasteiger partial charge in [0.25, 0.3) is 0 Å². The molecule has 0 spiro atoms. The number of halogens is 2. The van der Waals surface area contributed by atoms with Crippen molar-refractivity contribution in [2.45, 2.75) is 45.1 Å². The number of carbonyl (C=O) groups is 1. The van der Waals surface area contributed by atoms with Crippen molar-refractivity contribution in [1.82, 2.24) is 0 Å². The zero-order valence-corrected chi connectivity index (χ0v) is 15.9. The van der Waals surface area contributed by atoms with Gasteiger partial charge >= 0.3 is 0 Å². The van der Waals surface area contributed by atoms with Gasteiger partial charge < -0.3 is 16.0 Å². The first kappa shape index (κ1) is 21.1. The van der Waals surface area contributed by atoms with Crippen LogP contribution in [0.4, 0.5) is 11.4 Å². The van der Waals surface area contributed by atoms with Crippen LogP contribution in [0.2, 0.25) is 0 Å². The summed E-state index contributed by atoms with van der Waals surface area (Å²) in [4.78, 5) is 14.7. The maximum absolute atomic E-state index is 12.3. The number of nitrogens with two attached hydrogens (primary N) is 1. The lowest BCUT2D eigenvalue weighted by Crippen LogP contribution is -2.32. The third kappa shape index (κ3) is 5.27. The first-order valence-corrected chi connectivity index (χ1v) is 8.53. The number of nitrogens with zero attached hydrogens (tertiary/aromatic N) is 1. The number of carbonyl (C=O) groups excluding carboxylic acids is 1. The minimum absolute atomic E-state index is 0. The summed E-state index contributed by atoms with van der Waals surface area (Å²) in [6.07, 6.45) is 5.18. The van der Waals surface area contributed by atoms with E-state index in [0.29, 0.717) is 0 Å². The molecule has 1 aliphatic carbocycles. The van der Waals surface area contributed by atoms with Gasteiger partial charge in [-0.05, 0) is 56.2 Å². The standard InChI is InChI=1S/C18H27N3O.2ClH/c1-13-7-9-21(10-8-13)17-4-2-3-16(12-17)20-18(22)14-5-6-15(19)11-14;;/h2-4,12-15H,5-11,19H2,1H3,(H,20,22);2*1H. The van der Waals surface area contributed by atoms with Crippen LogP contribution in [0.5, 0.6) is 0 Å². The lowest BCUT2D eigenvalue weighted by atomic mass is 9.99. The van der Waals surface area contributed by atoms with Crippen LogP contribution < -0.4 is 16.0 Å². The summed E-state index contributed by atoms with van der Waals surface area (Å²) in [5.74, 6) is 1.03. The molecule has 2 fully saturated rings. The van der Waals surface area contributed by atoms with Crippen LogP contribution in [0, 0.1) is 11.8 Å². The summed E-state index contributed by atoms with van der Waals surface area (Å²) < 4.78 is 0. The molecule has 0 radical (unpaired) electrons. The van der Waals surface area contributed by atoms with E-state index in [1.54, 1.807) is 0 Å². The topological polar surface area (TPSA) is 58.4 Å². The van der Waals surface area contributed by atoms with Gasteiger partial charge in [-0.1, -0.05) is 13.0 Å². The molecule has 3 N–H and O–H groups in total. The van der Waals surface area contributed by atoms with Gasteiger partial charge in [0.2, 0.25) is 5.91 Å². The van der Waals surface area contributed by atoms with Crippen LogP contribution in [0.15, 0.2) is 24.3 Å². The van der Waals surface area contributed by atoms with E-state index in [1.807, 2.05) is 12.1 Å². The number of anilines is 2. The van der Waals surface area contributed by atoms with E-state index in [0.717, 1.165) is 44.0 Å². The summed E-state index contributed by atoms with van der Waals surface area (Å²) in [5.41, 5.74) is 8.02. The fraction of sp³-hybridized carbons (Fsp3) is 0.611. The molecule has 6 heteroatoms. The van der Waals surface area contributed by atoms with Gasteiger partial charge in [-0.2, -0.15) is 0 Å². The van der Waals surface area contributed by atoms with Gasteiger partial charge in [-0.15, -0.1) is 24.8 Å². The maximum Gasteiger partial charge on any atom is 0.227 e. The normalized spacial score (nSPS) is 24.0. The molecule has 2 atom stereocenters. The van der Waals surface area contributed by atoms with Crippen LogP contribution in [0.1, 0.15) is 39.0 Å². The molecule has 136 valence electrons. The molecular formula is C18H29Cl2N3O. The van der Waals surface area contributed by atoms with Crippen molar-refractivity contribution >= 4 is 42.1 Å². The first-order chi connectivity index (χ1) is 10.6. The Balaban J connectivity index is 0.00000144. The van der Waals surface area contributed by atoms with E-state index in [9.17, 15) is 4.79 Å². The average molecular weight is 374 g/mol. The Morgan fingerprint density at radius 3 is 2.50 bits per heavy atom. The van der Waals surface area contributed by atoms with E-state index in [2.05, 4.69) is 29.3 Å².